The van der Waals surface area contributed by atoms with Gasteiger partial charge in [0, 0.05) is 12.3 Å². The molecule has 12 heteroatoms. The second-order valence-corrected chi connectivity index (χ2v) is 5.62. The van der Waals surface area contributed by atoms with Gasteiger partial charge in [0.25, 0.3) is 5.88 Å². The molecule has 2 rings (SSSR count). The number of halogens is 2. The van der Waals surface area contributed by atoms with Gasteiger partial charge in [0.2, 0.25) is 0 Å². The summed E-state index contributed by atoms with van der Waals surface area (Å²) in [5.74, 6) is -1.51. The Bertz CT molecular complexity index is 927. The highest BCUT2D eigenvalue weighted by atomic mass is 35.5. The normalized spacial score (nSPS) is 10.0. The number of nitrogens with one attached hydrogen (secondary N) is 2. The van der Waals surface area contributed by atoms with Crippen molar-refractivity contribution < 1.29 is 33.0 Å². The molecule has 0 unspecified atom stereocenters. The number of aromatic nitrogens is 1. The maximum absolute atomic E-state index is 14.0. The molecule has 0 atom stereocenters. The van der Waals surface area contributed by atoms with Gasteiger partial charge in [-0.15, -0.1) is 0 Å². The Morgan fingerprint density at radius 3 is 2.72 bits per heavy atom. The van der Waals surface area contributed by atoms with E-state index in [4.69, 9.17) is 31.5 Å². The predicted molar refractivity (Wildman–Crippen MR) is 99.6 cm³/mol. The fraction of sp³-hybridized carbons (Fsp3) is 0.176. The van der Waals surface area contributed by atoms with Crippen molar-refractivity contribution in [2.24, 2.45) is 5.73 Å². The minimum atomic E-state index is -1.12. The van der Waals surface area contributed by atoms with Gasteiger partial charge in [-0.1, -0.05) is 11.6 Å². The molecule has 0 bridgehead atoms. The number of carbonyl (C=O) groups excluding carboxylic acids is 3. The summed E-state index contributed by atoms with van der Waals surface area (Å²) in [4.78, 5) is 37.6. The van der Waals surface area contributed by atoms with Crippen LogP contribution in [-0.2, 0) is 9.53 Å². The molecule has 1 aromatic heterocycles. The molecule has 1 aromatic carbocycles. The molecule has 10 nitrogen and oxygen atoms in total. The summed E-state index contributed by atoms with van der Waals surface area (Å²) in [7, 11) is 0. The van der Waals surface area contributed by atoms with Crippen molar-refractivity contribution in [3.8, 4) is 17.4 Å². The van der Waals surface area contributed by atoms with Crippen LogP contribution in [0.25, 0.3) is 0 Å². The molecule has 0 saturated heterocycles. The van der Waals surface area contributed by atoms with E-state index in [1.807, 2.05) is 0 Å². The lowest BCUT2D eigenvalue weighted by molar-refractivity contribution is -0.145. The molecule has 0 aliphatic carbocycles. The summed E-state index contributed by atoms with van der Waals surface area (Å²) in [6, 6.07) is 2.81. The van der Waals surface area contributed by atoms with Crippen molar-refractivity contribution in [3.05, 3.63) is 41.3 Å². The number of benzene rings is 1. The fourth-order valence-corrected chi connectivity index (χ4v) is 2.17. The topological polar surface area (TPSA) is 142 Å². The highest BCUT2D eigenvalue weighted by Gasteiger charge is 2.16. The summed E-state index contributed by atoms with van der Waals surface area (Å²) in [6.45, 7) is 1.44. The summed E-state index contributed by atoms with van der Waals surface area (Å²) in [5, 5.41) is 3.69. The van der Waals surface area contributed by atoms with Crippen LogP contribution in [0.4, 0.5) is 19.7 Å². The molecule has 0 aliphatic heterocycles. The van der Waals surface area contributed by atoms with Crippen molar-refractivity contribution in [1.29, 1.82) is 0 Å². The number of hydrogen-bond donors (Lipinski definition) is 3. The number of nitrogens with two attached hydrogens (primary N) is 1. The van der Waals surface area contributed by atoms with E-state index in [0.717, 1.165) is 12.1 Å². The lowest BCUT2D eigenvalue weighted by atomic mass is 10.3. The van der Waals surface area contributed by atoms with Crippen LogP contribution >= 0.6 is 11.6 Å². The lowest BCUT2D eigenvalue weighted by Gasteiger charge is -2.14. The molecule has 0 fully saturated rings. The molecule has 0 aliphatic rings. The SMILES string of the molecule is CCOC(=O)COc1ncccc1Oc1cc(NC(=O)NC(N)=O)c(F)cc1Cl. The van der Waals surface area contributed by atoms with Gasteiger partial charge in [0.05, 0.1) is 17.3 Å². The highest BCUT2D eigenvalue weighted by molar-refractivity contribution is 6.32. The zero-order valence-corrected chi connectivity index (χ0v) is 15.8. The van der Waals surface area contributed by atoms with Gasteiger partial charge < -0.3 is 25.3 Å². The Labute approximate surface area is 169 Å². The number of pyridine rings is 1. The standard InChI is InChI=1S/C17H16ClFN4O6/c1-2-27-14(24)8-28-15-12(4-3-5-21-15)29-13-7-11(10(19)6-9(13)18)22-17(26)23-16(20)25/h3-7H,2,8H2,1H3,(H4,20,22,23,25,26). The third-order valence-electron chi connectivity index (χ3n) is 3.09. The third kappa shape index (κ3) is 6.50. The van der Waals surface area contributed by atoms with Gasteiger partial charge in [-0.25, -0.2) is 23.8 Å². The average Bonchev–Trinajstić information content (AvgIpc) is 2.64. The molecule has 0 spiro atoms. The first-order valence-electron chi connectivity index (χ1n) is 8.08. The smallest absolute Gasteiger partial charge is 0.344 e. The van der Waals surface area contributed by atoms with Crippen LogP contribution in [0.15, 0.2) is 30.5 Å². The number of imide groups is 1. The van der Waals surface area contributed by atoms with Gasteiger partial charge in [-0.3, -0.25) is 5.32 Å². The number of hydrogen-bond acceptors (Lipinski definition) is 7. The number of amides is 4. The van der Waals surface area contributed by atoms with E-state index in [1.165, 1.54) is 18.3 Å². The van der Waals surface area contributed by atoms with Crippen LogP contribution in [0, 0.1) is 5.82 Å². The van der Waals surface area contributed by atoms with Crippen molar-refractivity contribution >= 4 is 35.3 Å². The zero-order chi connectivity index (χ0) is 21.4. The Hall–Kier alpha value is -3.60. The maximum Gasteiger partial charge on any atom is 0.344 e. The van der Waals surface area contributed by atoms with Crippen LogP contribution in [-0.4, -0.2) is 36.2 Å². The summed E-state index contributed by atoms with van der Waals surface area (Å²) < 4.78 is 29.7. The molecule has 0 saturated carbocycles. The van der Waals surface area contributed by atoms with Gasteiger partial charge in [-0.2, -0.15) is 0 Å². The van der Waals surface area contributed by atoms with Gasteiger partial charge in [0.1, 0.15) is 11.6 Å². The van der Waals surface area contributed by atoms with E-state index in [9.17, 15) is 18.8 Å². The van der Waals surface area contributed by atoms with E-state index in [0.29, 0.717) is 0 Å². The summed E-state index contributed by atoms with van der Waals surface area (Å²) in [5.41, 5.74) is 4.49. The molecular formula is C17H16ClFN4O6. The van der Waals surface area contributed by atoms with Gasteiger partial charge >= 0.3 is 18.0 Å². The largest absolute Gasteiger partial charge is 0.463 e. The van der Waals surface area contributed by atoms with Crippen LogP contribution in [0.3, 0.4) is 0 Å². The first-order chi connectivity index (χ1) is 13.8. The number of esters is 1. The second-order valence-electron chi connectivity index (χ2n) is 5.21. The van der Waals surface area contributed by atoms with Crippen LogP contribution in [0.1, 0.15) is 6.92 Å². The molecule has 1 heterocycles. The number of primary amides is 1. The van der Waals surface area contributed by atoms with E-state index in [1.54, 1.807) is 12.2 Å². The zero-order valence-electron chi connectivity index (χ0n) is 15.0. The number of ether oxygens (including phenoxy) is 3. The molecular weight excluding hydrogens is 411 g/mol. The Balaban J connectivity index is 2.21. The minimum absolute atomic E-state index is 0.0399. The van der Waals surface area contributed by atoms with Crippen molar-refractivity contribution in [3.63, 3.8) is 0 Å². The Kier molecular flexibility index (Phi) is 7.54. The number of nitrogens with zero attached hydrogens (tertiary/aromatic N) is 1. The van der Waals surface area contributed by atoms with Crippen LogP contribution in [0.2, 0.25) is 5.02 Å². The number of anilines is 1. The quantitative estimate of drug-likeness (QED) is 0.578. The monoisotopic (exact) mass is 426 g/mol. The highest BCUT2D eigenvalue weighted by Crippen LogP contribution is 2.36. The van der Waals surface area contributed by atoms with E-state index in [-0.39, 0.29) is 34.7 Å². The molecule has 4 N–H and O–H groups in total. The lowest BCUT2D eigenvalue weighted by Crippen LogP contribution is -2.38. The molecule has 0 radical (unpaired) electrons. The number of rotatable bonds is 7. The first-order valence-corrected chi connectivity index (χ1v) is 8.45. The molecule has 29 heavy (non-hydrogen) atoms. The van der Waals surface area contributed by atoms with Crippen LogP contribution < -0.4 is 25.8 Å². The molecule has 154 valence electrons. The van der Waals surface area contributed by atoms with Gasteiger partial charge in [0.15, 0.2) is 12.4 Å². The number of urea groups is 2. The first kappa shape index (κ1) is 21.7. The van der Waals surface area contributed by atoms with Crippen LogP contribution in [0.5, 0.6) is 17.4 Å². The van der Waals surface area contributed by atoms with E-state index >= 15 is 0 Å². The van der Waals surface area contributed by atoms with E-state index in [2.05, 4.69) is 10.3 Å². The Morgan fingerprint density at radius 1 is 1.28 bits per heavy atom. The molecule has 2 aromatic rings. The van der Waals surface area contributed by atoms with Crippen molar-refractivity contribution in [1.82, 2.24) is 10.3 Å². The Morgan fingerprint density at radius 2 is 2.03 bits per heavy atom. The maximum atomic E-state index is 14.0. The van der Waals surface area contributed by atoms with Crippen molar-refractivity contribution in [2.75, 3.05) is 18.5 Å². The third-order valence-corrected chi connectivity index (χ3v) is 3.39. The fourth-order valence-electron chi connectivity index (χ4n) is 1.98. The number of carbonyl (C=O) groups is 3. The van der Waals surface area contributed by atoms with E-state index < -0.39 is 30.5 Å². The average molecular weight is 427 g/mol. The minimum Gasteiger partial charge on any atom is -0.463 e. The summed E-state index contributed by atoms with van der Waals surface area (Å²) in [6.07, 6.45) is 1.40. The molecule has 4 amide bonds. The van der Waals surface area contributed by atoms with Crippen molar-refractivity contribution in [2.45, 2.75) is 6.92 Å². The summed E-state index contributed by atoms with van der Waals surface area (Å²) >= 11 is 5.99. The second kappa shape index (κ2) is 10.1. The predicted octanol–water partition coefficient (Wildman–Crippen LogP) is 2.81. The van der Waals surface area contributed by atoms with Gasteiger partial charge in [-0.05, 0) is 25.1 Å².